The lowest BCUT2D eigenvalue weighted by Crippen LogP contribution is -2.05. The number of benzene rings is 2. The molecule has 0 saturated heterocycles. The van der Waals surface area contributed by atoms with Crippen LogP contribution in [0.15, 0.2) is 53.6 Å². The fraction of sp³-hybridized carbons (Fsp3) is 0.250. The van der Waals surface area contributed by atoms with E-state index in [2.05, 4.69) is 15.3 Å². The van der Waals surface area contributed by atoms with Crippen molar-refractivity contribution in [2.24, 2.45) is 5.10 Å². The molecule has 0 radical (unpaired) electrons. The number of aromatic nitrogens is 3. The molecule has 1 N–H and O–H groups in total. The van der Waals surface area contributed by atoms with Crippen molar-refractivity contribution in [1.29, 1.82) is 0 Å². The van der Waals surface area contributed by atoms with Crippen LogP contribution < -0.4 is 9.47 Å². The second-order valence-corrected chi connectivity index (χ2v) is 6.46. The third-order valence-corrected chi connectivity index (χ3v) is 3.92. The molecule has 0 saturated carbocycles. The van der Waals surface area contributed by atoms with E-state index in [4.69, 9.17) is 21.7 Å². The normalized spacial score (nSPS) is 11.3. The first-order valence-electron chi connectivity index (χ1n) is 8.79. The fourth-order valence-corrected chi connectivity index (χ4v) is 2.71. The van der Waals surface area contributed by atoms with E-state index in [9.17, 15) is 0 Å². The van der Waals surface area contributed by atoms with E-state index in [-0.39, 0.29) is 6.10 Å². The van der Waals surface area contributed by atoms with Gasteiger partial charge < -0.3 is 9.47 Å². The Morgan fingerprint density at radius 1 is 1.19 bits per heavy atom. The zero-order valence-electron chi connectivity index (χ0n) is 15.5. The van der Waals surface area contributed by atoms with Crippen molar-refractivity contribution in [3.05, 3.63) is 58.9 Å². The molecule has 2 aromatic carbocycles. The summed E-state index contributed by atoms with van der Waals surface area (Å²) in [5.41, 5.74) is 1.75. The molecule has 0 atom stereocenters. The highest BCUT2D eigenvalue weighted by Crippen LogP contribution is 2.28. The van der Waals surface area contributed by atoms with Gasteiger partial charge in [-0.15, -0.1) is 0 Å². The number of hydrogen-bond acceptors (Lipinski definition) is 5. The fourth-order valence-electron chi connectivity index (χ4n) is 2.53. The number of rotatable bonds is 7. The van der Waals surface area contributed by atoms with E-state index in [0.29, 0.717) is 17.2 Å². The van der Waals surface area contributed by atoms with Crippen LogP contribution in [0.25, 0.3) is 11.4 Å². The lowest BCUT2D eigenvalue weighted by atomic mass is 10.2. The number of aromatic amines is 1. The smallest absolute Gasteiger partial charge is 0.216 e. The predicted octanol–water partition coefficient (Wildman–Crippen LogP) is 4.68. The Balaban J connectivity index is 1.90. The molecular weight excluding hydrogens is 360 g/mol. The summed E-state index contributed by atoms with van der Waals surface area (Å²) >= 11 is 5.33. The van der Waals surface area contributed by atoms with E-state index < -0.39 is 0 Å². The van der Waals surface area contributed by atoms with Gasteiger partial charge in [0.2, 0.25) is 4.77 Å². The number of para-hydroxylation sites is 1. The predicted molar refractivity (Wildman–Crippen MR) is 109 cm³/mol. The van der Waals surface area contributed by atoms with E-state index >= 15 is 0 Å². The highest BCUT2D eigenvalue weighted by atomic mass is 32.1. The molecule has 1 heterocycles. The SMILES string of the molecule is CCOc1ccccc1-c1n[nH]c(=S)n1/N=C\c1ccc(OC(C)C)cc1. The zero-order valence-corrected chi connectivity index (χ0v) is 16.4. The summed E-state index contributed by atoms with van der Waals surface area (Å²) in [6.07, 6.45) is 1.87. The first-order chi connectivity index (χ1) is 13.1. The van der Waals surface area contributed by atoms with Gasteiger partial charge in [0.25, 0.3) is 0 Å². The Bertz CT molecular complexity index is 974. The van der Waals surface area contributed by atoms with E-state index in [0.717, 1.165) is 22.6 Å². The number of H-pyrrole nitrogens is 1. The van der Waals surface area contributed by atoms with Crippen molar-refractivity contribution in [2.75, 3.05) is 6.61 Å². The van der Waals surface area contributed by atoms with Gasteiger partial charge in [0.15, 0.2) is 5.82 Å². The molecular formula is C20H22N4O2S. The summed E-state index contributed by atoms with van der Waals surface area (Å²) in [7, 11) is 0. The summed E-state index contributed by atoms with van der Waals surface area (Å²) in [4.78, 5) is 0. The molecule has 3 rings (SSSR count). The first kappa shape index (κ1) is 18.8. The molecule has 140 valence electrons. The van der Waals surface area contributed by atoms with Crippen molar-refractivity contribution in [3.8, 4) is 22.9 Å². The van der Waals surface area contributed by atoms with E-state index in [1.54, 1.807) is 10.9 Å². The molecule has 1 aromatic heterocycles. The molecule has 0 spiro atoms. The van der Waals surface area contributed by atoms with Gasteiger partial charge in [-0.25, -0.2) is 5.10 Å². The van der Waals surface area contributed by atoms with Crippen molar-refractivity contribution >= 4 is 18.4 Å². The summed E-state index contributed by atoms with van der Waals surface area (Å²) < 4.78 is 13.4. The lowest BCUT2D eigenvalue weighted by molar-refractivity contribution is 0.242. The Morgan fingerprint density at radius 2 is 1.93 bits per heavy atom. The third kappa shape index (κ3) is 4.62. The summed E-state index contributed by atoms with van der Waals surface area (Å²) in [6.45, 7) is 6.50. The van der Waals surface area contributed by atoms with E-state index in [1.165, 1.54) is 0 Å². The molecule has 6 nitrogen and oxygen atoms in total. The van der Waals surface area contributed by atoms with Crippen LogP contribution >= 0.6 is 12.2 Å². The maximum atomic E-state index is 5.70. The molecule has 0 amide bonds. The Hall–Kier alpha value is -2.93. The van der Waals surface area contributed by atoms with Crippen molar-refractivity contribution < 1.29 is 9.47 Å². The number of ether oxygens (including phenoxy) is 2. The molecule has 0 aliphatic carbocycles. The Kier molecular flexibility index (Phi) is 6.03. The largest absolute Gasteiger partial charge is 0.493 e. The van der Waals surface area contributed by atoms with Crippen LogP contribution in [0.3, 0.4) is 0 Å². The zero-order chi connectivity index (χ0) is 19.2. The maximum Gasteiger partial charge on any atom is 0.216 e. The number of hydrogen-bond donors (Lipinski definition) is 1. The Labute approximate surface area is 163 Å². The maximum absolute atomic E-state index is 5.70. The summed E-state index contributed by atoms with van der Waals surface area (Å²) in [5, 5.41) is 11.6. The van der Waals surface area contributed by atoms with Crippen LogP contribution in [0.1, 0.15) is 26.3 Å². The average molecular weight is 382 g/mol. The highest BCUT2D eigenvalue weighted by Gasteiger charge is 2.13. The lowest BCUT2D eigenvalue weighted by Gasteiger charge is -2.09. The van der Waals surface area contributed by atoms with Gasteiger partial charge in [0, 0.05) is 0 Å². The summed E-state index contributed by atoms with van der Waals surface area (Å²) in [5.74, 6) is 2.16. The average Bonchev–Trinajstić information content (AvgIpc) is 3.02. The minimum atomic E-state index is 0.141. The van der Waals surface area contributed by atoms with Gasteiger partial charge in [-0.1, -0.05) is 12.1 Å². The van der Waals surface area contributed by atoms with Crippen LogP contribution in [-0.4, -0.2) is 33.8 Å². The molecule has 0 aliphatic rings. The van der Waals surface area contributed by atoms with Gasteiger partial charge in [-0.2, -0.15) is 14.9 Å². The molecule has 3 aromatic rings. The van der Waals surface area contributed by atoms with Crippen LogP contribution in [0.4, 0.5) is 0 Å². The van der Waals surface area contributed by atoms with Crippen molar-refractivity contribution in [3.63, 3.8) is 0 Å². The van der Waals surface area contributed by atoms with Crippen LogP contribution in [0, 0.1) is 4.77 Å². The quantitative estimate of drug-likeness (QED) is 0.476. The monoisotopic (exact) mass is 382 g/mol. The van der Waals surface area contributed by atoms with Crippen LogP contribution in [0.5, 0.6) is 11.5 Å². The first-order valence-corrected chi connectivity index (χ1v) is 9.20. The molecule has 0 unspecified atom stereocenters. The van der Waals surface area contributed by atoms with Crippen molar-refractivity contribution in [2.45, 2.75) is 26.9 Å². The minimum absolute atomic E-state index is 0.141. The third-order valence-electron chi connectivity index (χ3n) is 3.65. The molecule has 0 bridgehead atoms. The molecule has 0 aliphatic heterocycles. The number of nitrogens with zero attached hydrogens (tertiary/aromatic N) is 3. The van der Waals surface area contributed by atoms with Gasteiger partial charge in [0.1, 0.15) is 11.5 Å². The Morgan fingerprint density at radius 3 is 2.63 bits per heavy atom. The van der Waals surface area contributed by atoms with Gasteiger partial charge in [-0.3, -0.25) is 0 Å². The van der Waals surface area contributed by atoms with Crippen LogP contribution in [-0.2, 0) is 0 Å². The highest BCUT2D eigenvalue weighted by molar-refractivity contribution is 7.71. The van der Waals surface area contributed by atoms with Crippen LogP contribution in [0.2, 0.25) is 0 Å². The minimum Gasteiger partial charge on any atom is -0.493 e. The molecule has 27 heavy (non-hydrogen) atoms. The van der Waals surface area contributed by atoms with Gasteiger partial charge in [0.05, 0.1) is 24.5 Å². The van der Waals surface area contributed by atoms with Gasteiger partial charge >= 0.3 is 0 Å². The number of nitrogens with one attached hydrogen (secondary N) is 1. The topological polar surface area (TPSA) is 64.4 Å². The van der Waals surface area contributed by atoms with Crippen molar-refractivity contribution in [1.82, 2.24) is 14.9 Å². The second-order valence-electron chi connectivity index (χ2n) is 6.07. The second kappa shape index (κ2) is 8.64. The standard InChI is InChI=1S/C20H22N4O2S/c1-4-25-18-8-6-5-7-17(18)19-22-23-20(27)24(19)21-13-15-9-11-16(12-10-15)26-14(2)3/h5-14H,4H2,1-3H3,(H,23,27)/b21-13-. The van der Waals surface area contributed by atoms with Gasteiger partial charge in [-0.05, 0) is 75.0 Å². The summed E-state index contributed by atoms with van der Waals surface area (Å²) in [6, 6.07) is 15.4. The van der Waals surface area contributed by atoms with E-state index in [1.807, 2.05) is 69.3 Å². The molecule has 0 fully saturated rings. The molecule has 7 heteroatoms.